The molecule has 0 saturated heterocycles. The number of aliphatic hydroxyl groups excluding tert-OH is 1. The molecule has 0 bridgehead atoms. The first-order valence-electron chi connectivity index (χ1n) is 10.2. The van der Waals surface area contributed by atoms with Crippen molar-refractivity contribution >= 4 is 5.69 Å². The van der Waals surface area contributed by atoms with E-state index >= 15 is 0 Å². The fourth-order valence-corrected chi connectivity index (χ4v) is 3.26. The summed E-state index contributed by atoms with van der Waals surface area (Å²) < 4.78 is 6.55. The van der Waals surface area contributed by atoms with E-state index in [2.05, 4.69) is 10.1 Å². The molecule has 166 valence electrons. The van der Waals surface area contributed by atoms with Gasteiger partial charge in [-0.1, -0.05) is 66.7 Å². The largest absolute Gasteiger partial charge is 0.491 e. The van der Waals surface area contributed by atoms with Gasteiger partial charge < -0.3 is 9.84 Å². The van der Waals surface area contributed by atoms with E-state index in [-0.39, 0.29) is 24.6 Å². The zero-order chi connectivity index (χ0) is 23.2. The Bertz CT molecular complexity index is 1310. The fourth-order valence-electron chi connectivity index (χ4n) is 3.26. The minimum Gasteiger partial charge on any atom is -0.491 e. The van der Waals surface area contributed by atoms with Gasteiger partial charge in [-0.2, -0.15) is 10.1 Å². The van der Waals surface area contributed by atoms with Gasteiger partial charge in [-0.3, -0.25) is 10.1 Å². The molecule has 9 nitrogen and oxygen atoms in total. The van der Waals surface area contributed by atoms with Crippen LogP contribution in [-0.2, 0) is 6.54 Å². The molecule has 0 spiro atoms. The Kier molecular flexibility index (Phi) is 6.51. The van der Waals surface area contributed by atoms with Gasteiger partial charge in [0.05, 0.1) is 17.5 Å². The summed E-state index contributed by atoms with van der Waals surface area (Å²) in [5.74, 6) is 0.242. The SMILES string of the molecule is O=c1nc(-c2ccccc2)c(-c2ccccc2)nn1CC(O)COc1cccc([N+](=O)[O-])c1. The molecule has 4 rings (SSSR count). The smallest absolute Gasteiger partial charge is 0.364 e. The van der Waals surface area contributed by atoms with Crippen molar-refractivity contribution in [1.82, 2.24) is 14.8 Å². The maximum Gasteiger partial charge on any atom is 0.364 e. The highest BCUT2D eigenvalue weighted by atomic mass is 16.6. The number of aromatic nitrogens is 3. The highest BCUT2D eigenvalue weighted by molar-refractivity contribution is 5.77. The van der Waals surface area contributed by atoms with Gasteiger partial charge in [-0.05, 0) is 6.07 Å². The van der Waals surface area contributed by atoms with Crippen molar-refractivity contribution in [2.75, 3.05) is 6.61 Å². The van der Waals surface area contributed by atoms with Crippen molar-refractivity contribution in [2.45, 2.75) is 12.6 Å². The summed E-state index contributed by atoms with van der Waals surface area (Å²) in [6.45, 7) is -0.341. The van der Waals surface area contributed by atoms with E-state index in [4.69, 9.17) is 4.74 Å². The van der Waals surface area contributed by atoms with Crippen LogP contribution in [0.4, 0.5) is 5.69 Å². The number of rotatable bonds is 8. The van der Waals surface area contributed by atoms with Crippen LogP contribution in [0.5, 0.6) is 5.75 Å². The molecular formula is C24H20N4O5. The minimum atomic E-state index is -1.09. The Balaban J connectivity index is 1.58. The number of ether oxygens (including phenoxy) is 1. The molecule has 3 aromatic carbocycles. The summed E-state index contributed by atoms with van der Waals surface area (Å²) in [6.07, 6.45) is -1.09. The van der Waals surface area contributed by atoms with Crippen molar-refractivity contribution in [1.29, 1.82) is 0 Å². The molecule has 1 atom stereocenters. The van der Waals surface area contributed by atoms with Crippen molar-refractivity contribution in [3.63, 3.8) is 0 Å². The quantitative estimate of drug-likeness (QED) is 0.327. The van der Waals surface area contributed by atoms with E-state index in [1.807, 2.05) is 60.7 Å². The molecular weight excluding hydrogens is 424 g/mol. The molecule has 1 unspecified atom stereocenters. The molecule has 0 fully saturated rings. The van der Waals surface area contributed by atoms with Crippen LogP contribution in [0.3, 0.4) is 0 Å². The van der Waals surface area contributed by atoms with Crippen LogP contribution in [0.1, 0.15) is 0 Å². The summed E-state index contributed by atoms with van der Waals surface area (Å²) in [5, 5.41) is 25.8. The molecule has 1 aromatic heterocycles. The lowest BCUT2D eigenvalue weighted by molar-refractivity contribution is -0.384. The Morgan fingerprint density at radius 1 is 0.939 bits per heavy atom. The van der Waals surface area contributed by atoms with Gasteiger partial charge in [0.15, 0.2) is 0 Å². The predicted molar refractivity (Wildman–Crippen MR) is 122 cm³/mol. The number of benzene rings is 3. The lowest BCUT2D eigenvalue weighted by atomic mass is 10.0. The van der Waals surface area contributed by atoms with Crippen molar-refractivity contribution in [2.24, 2.45) is 0 Å². The number of nitrogens with zero attached hydrogens (tertiary/aromatic N) is 4. The lowest BCUT2D eigenvalue weighted by Crippen LogP contribution is -2.34. The van der Waals surface area contributed by atoms with Crippen molar-refractivity contribution in [3.8, 4) is 28.3 Å². The molecule has 9 heteroatoms. The molecule has 1 N–H and O–H groups in total. The Morgan fingerprint density at radius 3 is 2.21 bits per heavy atom. The maximum atomic E-state index is 12.7. The summed E-state index contributed by atoms with van der Waals surface area (Å²) >= 11 is 0. The second-order valence-corrected chi connectivity index (χ2v) is 7.23. The van der Waals surface area contributed by atoms with Crippen LogP contribution in [0.15, 0.2) is 89.7 Å². The van der Waals surface area contributed by atoms with Crippen molar-refractivity contribution in [3.05, 3.63) is 106 Å². The standard InChI is InChI=1S/C24H20N4O5/c29-20(16-33-21-13-7-12-19(14-21)28(31)32)15-27-24(30)25-22(17-8-3-1-4-9-17)23(26-27)18-10-5-2-6-11-18/h1-14,20,29H,15-16H2. The van der Waals surface area contributed by atoms with Gasteiger partial charge in [0, 0.05) is 17.2 Å². The molecule has 33 heavy (non-hydrogen) atoms. The molecule has 0 aliphatic rings. The van der Waals surface area contributed by atoms with Crippen molar-refractivity contribution < 1.29 is 14.8 Å². The number of nitro benzene ring substituents is 1. The van der Waals surface area contributed by atoms with E-state index in [0.29, 0.717) is 11.4 Å². The first-order valence-corrected chi connectivity index (χ1v) is 10.2. The topological polar surface area (TPSA) is 120 Å². The maximum absolute atomic E-state index is 12.7. The molecule has 4 aromatic rings. The summed E-state index contributed by atoms with van der Waals surface area (Å²) in [7, 11) is 0. The summed E-state index contributed by atoms with van der Waals surface area (Å²) in [4.78, 5) is 27.3. The molecule has 1 heterocycles. The summed E-state index contributed by atoms with van der Waals surface area (Å²) in [6, 6.07) is 24.3. The first kappa shape index (κ1) is 21.8. The zero-order valence-corrected chi connectivity index (χ0v) is 17.4. The molecule has 0 aliphatic heterocycles. The highest BCUT2D eigenvalue weighted by Crippen LogP contribution is 2.27. The van der Waals surface area contributed by atoms with Gasteiger partial charge in [-0.25, -0.2) is 9.48 Å². The van der Waals surface area contributed by atoms with E-state index in [0.717, 1.165) is 15.8 Å². The van der Waals surface area contributed by atoms with Crippen LogP contribution < -0.4 is 10.4 Å². The molecule has 0 amide bonds. The Hall–Kier alpha value is -4.37. The van der Waals surface area contributed by atoms with E-state index in [9.17, 15) is 20.0 Å². The summed E-state index contributed by atoms with van der Waals surface area (Å²) in [5.41, 5.74) is 1.76. The van der Waals surface area contributed by atoms with E-state index in [1.54, 1.807) is 6.07 Å². The molecule has 0 saturated carbocycles. The second kappa shape index (κ2) is 9.84. The number of aliphatic hydroxyl groups is 1. The number of hydrogen-bond acceptors (Lipinski definition) is 7. The minimum absolute atomic E-state index is 0.118. The van der Waals surface area contributed by atoms with Gasteiger partial charge in [0.1, 0.15) is 29.8 Å². The predicted octanol–water partition coefficient (Wildman–Crippen LogP) is 3.32. The number of hydrogen-bond donors (Lipinski definition) is 1. The molecule has 0 aliphatic carbocycles. The lowest BCUT2D eigenvalue weighted by Gasteiger charge is -2.15. The van der Waals surface area contributed by atoms with Gasteiger partial charge in [-0.15, -0.1) is 0 Å². The fraction of sp³-hybridized carbons (Fsp3) is 0.125. The van der Waals surface area contributed by atoms with Crippen LogP contribution in [-0.4, -0.2) is 37.5 Å². The average molecular weight is 444 g/mol. The van der Waals surface area contributed by atoms with E-state index < -0.39 is 16.7 Å². The Morgan fingerprint density at radius 2 is 1.58 bits per heavy atom. The third-order valence-corrected chi connectivity index (χ3v) is 4.82. The van der Waals surface area contributed by atoms with E-state index in [1.165, 1.54) is 18.2 Å². The average Bonchev–Trinajstić information content (AvgIpc) is 2.85. The van der Waals surface area contributed by atoms with Crippen LogP contribution >= 0.6 is 0 Å². The monoisotopic (exact) mass is 444 g/mol. The van der Waals surface area contributed by atoms with Gasteiger partial charge in [0.2, 0.25) is 0 Å². The third kappa shape index (κ3) is 5.28. The van der Waals surface area contributed by atoms with Gasteiger partial charge >= 0.3 is 5.69 Å². The first-order chi connectivity index (χ1) is 16.0. The second-order valence-electron chi connectivity index (χ2n) is 7.23. The van der Waals surface area contributed by atoms with Crippen LogP contribution in [0.25, 0.3) is 22.5 Å². The highest BCUT2D eigenvalue weighted by Gasteiger charge is 2.17. The number of nitro groups is 1. The number of non-ortho nitro benzene ring substituents is 1. The zero-order valence-electron chi connectivity index (χ0n) is 17.4. The Labute approximate surface area is 188 Å². The van der Waals surface area contributed by atoms with Crippen LogP contribution in [0, 0.1) is 10.1 Å². The normalized spacial score (nSPS) is 11.7. The third-order valence-electron chi connectivity index (χ3n) is 4.82. The van der Waals surface area contributed by atoms with Crippen LogP contribution in [0.2, 0.25) is 0 Å². The van der Waals surface area contributed by atoms with Gasteiger partial charge in [0.25, 0.3) is 5.69 Å². The molecule has 0 radical (unpaired) electrons.